The maximum atomic E-state index is 13.1. The van der Waals surface area contributed by atoms with Gasteiger partial charge in [0.25, 0.3) is 6.43 Å². The standard InChI is InChI=1S/C19H21F2N5/c1-19(2)10-9-12-5-3-4-6-13(12)14(11-19)22-15-7-8-16-23-24-18(17(20)21)26(16)25-15/h3-8,14,17H,9-11H2,1-2H3,(H,22,25)/t14-/m1/s1. The molecule has 3 aromatic rings. The first-order valence-corrected chi connectivity index (χ1v) is 8.78. The third kappa shape index (κ3) is 3.13. The molecule has 0 radical (unpaired) electrons. The molecule has 0 saturated carbocycles. The van der Waals surface area contributed by atoms with Crippen LogP contribution in [-0.2, 0) is 6.42 Å². The smallest absolute Gasteiger partial charge is 0.299 e. The van der Waals surface area contributed by atoms with Crippen molar-refractivity contribution in [3.8, 4) is 0 Å². The second-order valence-electron chi connectivity index (χ2n) is 7.61. The predicted molar refractivity (Wildman–Crippen MR) is 95.3 cm³/mol. The summed E-state index contributed by atoms with van der Waals surface area (Å²) in [5.41, 5.74) is 3.06. The molecule has 0 saturated heterocycles. The lowest BCUT2D eigenvalue weighted by Gasteiger charge is -2.28. The van der Waals surface area contributed by atoms with E-state index in [1.54, 1.807) is 12.1 Å². The fourth-order valence-corrected chi connectivity index (χ4v) is 3.67. The number of alkyl halides is 2. The minimum absolute atomic E-state index is 0.0696. The Morgan fingerprint density at radius 2 is 1.96 bits per heavy atom. The van der Waals surface area contributed by atoms with Gasteiger partial charge in [0.05, 0.1) is 6.04 Å². The van der Waals surface area contributed by atoms with Crippen molar-refractivity contribution >= 4 is 11.5 Å². The van der Waals surface area contributed by atoms with Gasteiger partial charge in [0, 0.05) is 0 Å². The molecule has 1 N–H and O–H groups in total. The highest BCUT2D eigenvalue weighted by Crippen LogP contribution is 2.40. The summed E-state index contributed by atoms with van der Waals surface area (Å²) >= 11 is 0. The van der Waals surface area contributed by atoms with Crippen LogP contribution in [0.5, 0.6) is 0 Å². The molecule has 1 atom stereocenters. The molecular weight excluding hydrogens is 336 g/mol. The largest absolute Gasteiger partial charge is 0.362 e. The summed E-state index contributed by atoms with van der Waals surface area (Å²) in [6.07, 6.45) is 0.364. The summed E-state index contributed by atoms with van der Waals surface area (Å²) in [4.78, 5) is 0. The topological polar surface area (TPSA) is 55.1 Å². The Morgan fingerprint density at radius 1 is 1.15 bits per heavy atom. The van der Waals surface area contributed by atoms with Crippen LogP contribution in [0.2, 0.25) is 0 Å². The molecule has 7 heteroatoms. The Bertz CT molecular complexity index is 935. The van der Waals surface area contributed by atoms with Crippen molar-refractivity contribution in [1.82, 2.24) is 19.8 Å². The number of benzene rings is 1. The minimum atomic E-state index is -2.72. The second-order valence-corrected chi connectivity index (χ2v) is 7.61. The van der Waals surface area contributed by atoms with Gasteiger partial charge in [-0.15, -0.1) is 15.3 Å². The number of rotatable bonds is 3. The van der Waals surface area contributed by atoms with Gasteiger partial charge >= 0.3 is 0 Å². The molecule has 4 rings (SSSR count). The van der Waals surface area contributed by atoms with Crippen LogP contribution in [0.4, 0.5) is 14.6 Å². The summed E-state index contributed by atoms with van der Waals surface area (Å²) in [7, 11) is 0. The van der Waals surface area contributed by atoms with Crippen LogP contribution in [-0.4, -0.2) is 19.8 Å². The average molecular weight is 357 g/mol. The van der Waals surface area contributed by atoms with Crippen molar-refractivity contribution in [3.63, 3.8) is 0 Å². The van der Waals surface area contributed by atoms with Gasteiger partial charge in [-0.05, 0) is 47.9 Å². The van der Waals surface area contributed by atoms with Crippen LogP contribution in [0.1, 0.15) is 56.1 Å². The number of aryl methyl sites for hydroxylation is 1. The van der Waals surface area contributed by atoms with Crippen molar-refractivity contribution in [2.45, 2.75) is 45.6 Å². The van der Waals surface area contributed by atoms with E-state index in [-0.39, 0.29) is 11.5 Å². The molecule has 5 nitrogen and oxygen atoms in total. The molecule has 2 heterocycles. The Morgan fingerprint density at radius 3 is 2.77 bits per heavy atom. The number of nitrogens with one attached hydrogen (secondary N) is 1. The summed E-state index contributed by atoms with van der Waals surface area (Å²) in [6.45, 7) is 4.53. The van der Waals surface area contributed by atoms with Crippen LogP contribution < -0.4 is 5.32 Å². The van der Waals surface area contributed by atoms with Crippen molar-refractivity contribution < 1.29 is 8.78 Å². The summed E-state index contributed by atoms with van der Waals surface area (Å²) in [5.74, 6) is 0.0990. The monoisotopic (exact) mass is 357 g/mol. The van der Waals surface area contributed by atoms with Gasteiger partial charge < -0.3 is 5.32 Å². The highest BCUT2D eigenvalue weighted by Gasteiger charge is 2.29. The van der Waals surface area contributed by atoms with Crippen molar-refractivity contribution in [2.75, 3.05) is 5.32 Å². The van der Waals surface area contributed by atoms with E-state index in [9.17, 15) is 8.78 Å². The van der Waals surface area contributed by atoms with Crippen LogP contribution >= 0.6 is 0 Å². The molecule has 0 fully saturated rings. The Hall–Kier alpha value is -2.57. The van der Waals surface area contributed by atoms with Crippen LogP contribution in [0, 0.1) is 5.41 Å². The number of aromatic nitrogens is 4. The zero-order valence-electron chi connectivity index (χ0n) is 14.8. The number of anilines is 1. The molecule has 0 amide bonds. The number of hydrogen-bond donors (Lipinski definition) is 1. The van der Waals surface area contributed by atoms with Crippen molar-refractivity contribution in [3.05, 3.63) is 53.3 Å². The summed E-state index contributed by atoms with van der Waals surface area (Å²) in [5, 5.41) is 15.0. The van der Waals surface area contributed by atoms with E-state index in [4.69, 9.17) is 0 Å². The van der Waals surface area contributed by atoms with Crippen LogP contribution in [0.3, 0.4) is 0 Å². The maximum Gasteiger partial charge on any atom is 0.299 e. The Kier molecular flexibility index (Phi) is 4.09. The molecule has 0 unspecified atom stereocenters. The Balaban J connectivity index is 1.71. The van der Waals surface area contributed by atoms with Gasteiger partial charge in [-0.25, -0.2) is 8.78 Å². The fourth-order valence-electron chi connectivity index (χ4n) is 3.67. The quantitative estimate of drug-likeness (QED) is 0.697. The third-order valence-electron chi connectivity index (χ3n) is 5.06. The molecule has 0 aliphatic heterocycles. The van der Waals surface area contributed by atoms with Gasteiger partial charge in [0.15, 0.2) is 5.65 Å². The zero-order valence-corrected chi connectivity index (χ0v) is 14.8. The molecule has 26 heavy (non-hydrogen) atoms. The van der Waals surface area contributed by atoms with Gasteiger partial charge in [-0.3, -0.25) is 0 Å². The third-order valence-corrected chi connectivity index (χ3v) is 5.06. The normalized spacial score (nSPS) is 19.3. The first-order valence-electron chi connectivity index (χ1n) is 8.78. The van der Waals surface area contributed by atoms with E-state index in [2.05, 4.69) is 52.7 Å². The molecule has 0 bridgehead atoms. The van der Waals surface area contributed by atoms with E-state index >= 15 is 0 Å². The molecule has 2 aromatic heterocycles. The molecular formula is C19H21F2N5. The van der Waals surface area contributed by atoms with Crippen molar-refractivity contribution in [2.24, 2.45) is 5.41 Å². The zero-order chi connectivity index (χ0) is 18.3. The van der Waals surface area contributed by atoms with Gasteiger partial charge in [-0.1, -0.05) is 38.1 Å². The second kappa shape index (κ2) is 6.30. The number of fused-ring (bicyclic) bond motifs is 2. The van der Waals surface area contributed by atoms with E-state index < -0.39 is 12.2 Å². The van der Waals surface area contributed by atoms with Gasteiger partial charge in [0.2, 0.25) is 5.82 Å². The highest BCUT2D eigenvalue weighted by molar-refractivity contribution is 5.46. The molecule has 1 aliphatic carbocycles. The van der Waals surface area contributed by atoms with Crippen molar-refractivity contribution in [1.29, 1.82) is 0 Å². The van der Waals surface area contributed by atoms with E-state index in [1.165, 1.54) is 11.1 Å². The molecule has 1 aromatic carbocycles. The average Bonchev–Trinajstić information content (AvgIpc) is 2.97. The number of hydrogen-bond acceptors (Lipinski definition) is 4. The summed E-state index contributed by atoms with van der Waals surface area (Å²) in [6, 6.07) is 11.9. The molecule has 1 aliphatic rings. The van der Waals surface area contributed by atoms with Gasteiger partial charge in [0.1, 0.15) is 5.82 Å². The lowest BCUT2D eigenvalue weighted by Crippen LogP contribution is -2.20. The molecule has 0 spiro atoms. The predicted octanol–water partition coefficient (Wildman–Crippen LogP) is 4.58. The molecule has 136 valence electrons. The maximum absolute atomic E-state index is 13.1. The number of halogens is 2. The first kappa shape index (κ1) is 16.9. The first-order chi connectivity index (χ1) is 12.4. The van der Waals surface area contributed by atoms with E-state index in [0.717, 1.165) is 23.8 Å². The summed E-state index contributed by atoms with van der Waals surface area (Å²) < 4.78 is 27.3. The van der Waals surface area contributed by atoms with E-state index in [1.807, 2.05) is 6.07 Å². The fraction of sp³-hybridized carbons (Fsp3) is 0.421. The highest BCUT2D eigenvalue weighted by atomic mass is 19.3. The van der Waals surface area contributed by atoms with Gasteiger partial charge in [-0.2, -0.15) is 4.52 Å². The van der Waals surface area contributed by atoms with Crippen LogP contribution in [0.25, 0.3) is 5.65 Å². The SMILES string of the molecule is CC1(C)CCc2ccccc2[C@H](Nc2ccc3nnc(C(F)F)n3n2)C1. The Labute approximate surface area is 150 Å². The van der Waals surface area contributed by atoms with Crippen LogP contribution in [0.15, 0.2) is 36.4 Å². The number of nitrogens with zero attached hydrogens (tertiary/aromatic N) is 4. The minimum Gasteiger partial charge on any atom is -0.362 e. The van der Waals surface area contributed by atoms with E-state index in [0.29, 0.717) is 11.5 Å². The lowest BCUT2D eigenvalue weighted by atomic mass is 9.83. The lowest BCUT2D eigenvalue weighted by molar-refractivity contribution is 0.137.